The normalized spacial score (nSPS) is 12.9. The highest BCUT2D eigenvalue weighted by Gasteiger charge is 2.23. The molecule has 9 nitrogen and oxygen atoms in total. The minimum atomic E-state index is -1.18. The van der Waals surface area contributed by atoms with Gasteiger partial charge in [-0.05, 0) is 24.1 Å². The number of carbonyl (C=O) groups excluding carboxylic acids is 1. The Morgan fingerprint density at radius 3 is 2.35 bits per heavy atom. The molecule has 1 rings (SSSR count). The third-order valence-corrected chi connectivity index (χ3v) is 3.06. The SMILES string of the molecule is NC(N)=NCCC(N)C(=O)NC(Cc1ccc(O)cc1)C(=O)O. The van der Waals surface area contributed by atoms with E-state index in [-0.39, 0.29) is 31.1 Å². The van der Waals surface area contributed by atoms with Gasteiger partial charge >= 0.3 is 5.97 Å². The third-order valence-electron chi connectivity index (χ3n) is 3.06. The number of amides is 1. The number of hydrogen-bond donors (Lipinski definition) is 6. The number of phenols is 1. The van der Waals surface area contributed by atoms with Crippen LogP contribution < -0.4 is 22.5 Å². The quantitative estimate of drug-likeness (QED) is 0.249. The lowest BCUT2D eigenvalue weighted by molar-refractivity contribution is -0.142. The fourth-order valence-electron chi connectivity index (χ4n) is 1.81. The fraction of sp³-hybridized carbons (Fsp3) is 0.357. The van der Waals surface area contributed by atoms with E-state index in [1.807, 2.05) is 0 Å². The Morgan fingerprint density at radius 1 is 1.22 bits per heavy atom. The predicted molar refractivity (Wildman–Crippen MR) is 84.6 cm³/mol. The van der Waals surface area contributed by atoms with Gasteiger partial charge in [0.25, 0.3) is 0 Å². The van der Waals surface area contributed by atoms with Crippen molar-refractivity contribution in [2.24, 2.45) is 22.2 Å². The van der Waals surface area contributed by atoms with Crippen LogP contribution in [0.1, 0.15) is 12.0 Å². The number of aliphatic imine (C=N–C) groups is 1. The Morgan fingerprint density at radius 2 is 1.83 bits per heavy atom. The molecule has 0 heterocycles. The fourth-order valence-corrected chi connectivity index (χ4v) is 1.81. The van der Waals surface area contributed by atoms with Gasteiger partial charge < -0.3 is 32.7 Å². The molecular formula is C14H21N5O4. The van der Waals surface area contributed by atoms with Gasteiger partial charge in [0.05, 0.1) is 6.04 Å². The zero-order valence-corrected chi connectivity index (χ0v) is 12.5. The first-order valence-corrected chi connectivity index (χ1v) is 6.91. The van der Waals surface area contributed by atoms with E-state index in [0.717, 1.165) is 0 Å². The molecule has 2 atom stereocenters. The second-order valence-corrected chi connectivity index (χ2v) is 4.97. The molecule has 1 amide bonds. The molecule has 0 aliphatic rings. The van der Waals surface area contributed by atoms with Crippen molar-refractivity contribution in [3.63, 3.8) is 0 Å². The molecule has 2 unspecified atom stereocenters. The molecule has 0 aliphatic heterocycles. The van der Waals surface area contributed by atoms with Crippen LogP contribution >= 0.6 is 0 Å². The zero-order valence-electron chi connectivity index (χ0n) is 12.5. The number of nitrogens with two attached hydrogens (primary N) is 3. The summed E-state index contributed by atoms with van der Waals surface area (Å²) >= 11 is 0. The number of carbonyl (C=O) groups is 2. The van der Waals surface area contributed by atoms with E-state index in [4.69, 9.17) is 17.2 Å². The number of phenolic OH excluding ortho intramolecular Hbond substituents is 1. The number of benzene rings is 1. The molecule has 9 heteroatoms. The molecule has 0 spiro atoms. The molecule has 0 saturated carbocycles. The summed E-state index contributed by atoms with van der Waals surface area (Å²) in [6, 6.07) is 4.00. The maximum Gasteiger partial charge on any atom is 0.326 e. The van der Waals surface area contributed by atoms with E-state index in [2.05, 4.69) is 10.3 Å². The molecular weight excluding hydrogens is 302 g/mol. The van der Waals surface area contributed by atoms with E-state index in [9.17, 15) is 19.8 Å². The van der Waals surface area contributed by atoms with Crippen molar-refractivity contribution in [3.8, 4) is 5.75 Å². The minimum Gasteiger partial charge on any atom is -0.508 e. The van der Waals surface area contributed by atoms with Crippen molar-refractivity contribution in [3.05, 3.63) is 29.8 Å². The molecule has 1 aromatic rings. The van der Waals surface area contributed by atoms with Gasteiger partial charge in [-0.25, -0.2) is 4.79 Å². The number of aliphatic carboxylic acids is 1. The van der Waals surface area contributed by atoms with Gasteiger partial charge in [0.1, 0.15) is 11.8 Å². The van der Waals surface area contributed by atoms with Crippen molar-refractivity contribution < 1.29 is 19.8 Å². The Balaban J connectivity index is 2.61. The first kappa shape index (κ1) is 18.2. The van der Waals surface area contributed by atoms with Crippen LogP contribution in [0.3, 0.4) is 0 Å². The summed E-state index contributed by atoms with van der Waals surface area (Å²) in [5, 5.41) is 20.8. The van der Waals surface area contributed by atoms with Crippen LogP contribution in [0.4, 0.5) is 0 Å². The molecule has 0 radical (unpaired) electrons. The minimum absolute atomic E-state index is 0.0714. The topological polar surface area (TPSA) is 177 Å². The second kappa shape index (κ2) is 8.59. The van der Waals surface area contributed by atoms with E-state index in [1.54, 1.807) is 12.1 Å². The van der Waals surface area contributed by atoms with Crippen molar-refractivity contribution >= 4 is 17.8 Å². The summed E-state index contributed by atoms with van der Waals surface area (Å²) in [4.78, 5) is 26.9. The number of carboxylic acid groups (broad SMARTS) is 1. The summed E-state index contributed by atoms with van der Waals surface area (Å²) in [7, 11) is 0. The molecule has 23 heavy (non-hydrogen) atoms. The van der Waals surface area contributed by atoms with Gasteiger partial charge in [-0.1, -0.05) is 12.1 Å². The average molecular weight is 323 g/mol. The largest absolute Gasteiger partial charge is 0.508 e. The van der Waals surface area contributed by atoms with Crippen LogP contribution in [0.15, 0.2) is 29.3 Å². The summed E-state index contributed by atoms with van der Waals surface area (Å²) in [6.07, 6.45) is 0.261. The zero-order chi connectivity index (χ0) is 17.4. The van der Waals surface area contributed by atoms with Gasteiger partial charge in [-0.2, -0.15) is 0 Å². The van der Waals surface area contributed by atoms with Gasteiger partial charge in [-0.3, -0.25) is 9.79 Å². The average Bonchev–Trinajstić information content (AvgIpc) is 2.47. The molecule has 9 N–H and O–H groups in total. The smallest absolute Gasteiger partial charge is 0.326 e. The van der Waals surface area contributed by atoms with Crippen molar-refractivity contribution in [2.75, 3.05) is 6.54 Å². The Kier molecular flexibility index (Phi) is 6.81. The van der Waals surface area contributed by atoms with Crippen molar-refractivity contribution in [1.29, 1.82) is 0 Å². The Hall–Kier alpha value is -2.81. The third kappa shape index (κ3) is 6.66. The maximum absolute atomic E-state index is 11.9. The number of carboxylic acids is 1. The number of aromatic hydroxyl groups is 1. The number of guanidine groups is 1. The van der Waals surface area contributed by atoms with E-state index in [0.29, 0.717) is 5.56 Å². The van der Waals surface area contributed by atoms with Crippen LogP contribution in [0.2, 0.25) is 0 Å². The predicted octanol–water partition coefficient (Wildman–Crippen LogP) is -1.51. The highest BCUT2D eigenvalue weighted by molar-refractivity contribution is 5.87. The van der Waals surface area contributed by atoms with Gasteiger partial charge in [0.15, 0.2) is 5.96 Å². The Bertz CT molecular complexity index is 569. The van der Waals surface area contributed by atoms with Crippen molar-refractivity contribution in [1.82, 2.24) is 5.32 Å². The number of nitrogens with zero attached hydrogens (tertiary/aromatic N) is 1. The van der Waals surface area contributed by atoms with Crippen LogP contribution in [0.5, 0.6) is 5.75 Å². The molecule has 0 saturated heterocycles. The number of nitrogens with one attached hydrogen (secondary N) is 1. The summed E-state index contributed by atoms with van der Waals surface area (Å²) in [6.45, 7) is 0.173. The molecule has 0 aliphatic carbocycles. The van der Waals surface area contributed by atoms with Crippen LogP contribution in [-0.4, -0.2) is 46.7 Å². The van der Waals surface area contributed by atoms with Crippen LogP contribution in [0, 0.1) is 0 Å². The standard InChI is InChI=1S/C14H21N5O4/c15-10(5-6-18-14(16)17)12(21)19-11(13(22)23)7-8-1-3-9(20)4-2-8/h1-4,10-11,20H,5-7,15H2,(H,19,21)(H,22,23)(H4,16,17,18). The molecule has 1 aromatic carbocycles. The van der Waals surface area contributed by atoms with Crippen molar-refractivity contribution in [2.45, 2.75) is 24.9 Å². The van der Waals surface area contributed by atoms with Crippen LogP contribution in [-0.2, 0) is 16.0 Å². The second-order valence-electron chi connectivity index (χ2n) is 4.97. The molecule has 0 bridgehead atoms. The van der Waals surface area contributed by atoms with E-state index < -0.39 is 24.0 Å². The van der Waals surface area contributed by atoms with Gasteiger partial charge in [0.2, 0.25) is 5.91 Å². The first-order valence-electron chi connectivity index (χ1n) is 6.91. The first-order chi connectivity index (χ1) is 10.8. The monoisotopic (exact) mass is 323 g/mol. The van der Waals surface area contributed by atoms with Crippen LogP contribution in [0.25, 0.3) is 0 Å². The summed E-state index contributed by atoms with van der Waals surface area (Å²) in [5.74, 6) is -1.80. The molecule has 0 fully saturated rings. The summed E-state index contributed by atoms with van der Waals surface area (Å²) < 4.78 is 0. The lowest BCUT2D eigenvalue weighted by Gasteiger charge is -2.17. The number of rotatable bonds is 8. The highest BCUT2D eigenvalue weighted by Crippen LogP contribution is 2.11. The lowest BCUT2D eigenvalue weighted by atomic mass is 10.1. The lowest BCUT2D eigenvalue weighted by Crippen LogP contribution is -2.49. The van der Waals surface area contributed by atoms with E-state index in [1.165, 1.54) is 12.1 Å². The Labute approximate surface area is 133 Å². The molecule has 0 aromatic heterocycles. The summed E-state index contributed by atoms with van der Waals surface area (Å²) in [5.41, 5.74) is 16.7. The molecule has 126 valence electrons. The van der Waals surface area contributed by atoms with Gasteiger partial charge in [0, 0.05) is 13.0 Å². The van der Waals surface area contributed by atoms with E-state index >= 15 is 0 Å². The van der Waals surface area contributed by atoms with Gasteiger partial charge in [-0.15, -0.1) is 0 Å². The maximum atomic E-state index is 11.9. The number of hydrogen-bond acceptors (Lipinski definition) is 5. The highest BCUT2D eigenvalue weighted by atomic mass is 16.4.